The second-order valence-corrected chi connectivity index (χ2v) is 8.68. The van der Waals surface area contributed by atoms with Crippen molar-refractivity contribution < 1.29 is 9.53 Å². The summed E-state index contributed by atoms with van der Waals surface area (Å²) in [5, 5.41) is 3.70. The monoisotopic (exact) mass is 310 g/mol. The Morgan fingerprint density at radius 3 is 2.09 bits per heavy atom. The van der Waals surface area contributed by atoms with E-state index in [0.717, 1.165) is 32.1 Å². The van der Waals surface area contributed by atoms with Crippen LogP contribution in [0.3, 0.4) is 0 Å². The van der Waals surface area contributed by atoms with E-state index in [9.17, 15) is 4.79 Å². The van der Waals surface area contributed by atoms with Crippen LogP contribution in [0.2, 0.25) is 0 Å². The van der Waals surface area contributed by atoms with Gasteiger partial charge in [0.1, 0.15) is 11.3 Å². The van der Waals surface area contributed by atoms with Gasteiger partial charge in [-0.2, -0.15) is 0 Å². The van der Waals surface area contributed by atoms with Gasteiger partial charge in [-0.3, -0.25) is 4.79 Å². The van der Waals surface area contributed by atoms with Crippen LogP contribution >= 0.6 is 0 Å². The summed E-state index contributed by atoms with van der Waals surface area (Å²) < 4.78 is 6.60. The van der Waals surface area contributed by atoms with Gasteiger partial charge in [-0.15, -0.1) is 0 Å². The smallest absolute Gasteiger partial charge is 0.256 e. The Balaban J connectivity index is 2.38. The number of ether oxygens (including phenoxy) is 1. The Labute approximate surface area is 136 Å². The van der Waals surface area contributed by atoms with Crippen molar-refractivity contribution in [2.24, 2.45) is 0 Å². The highest BCUT2D eigenvalue weighted by Crippen LogP contribution is 2.49. The minimum absolute atomic E-state index is 0.0501. The third kappa shape index (κ3) is 3.05. The molecule has 2 saturated heterocycles. The third-order valence-corrected chi connectivity index (χ3v) is 5.04. The van der Waals surface area contributed by atoms with Crippen molar-refractivity contribution in [3.63, 3.8) is 0 Å². The largest absolute Gasteiger partial charge is 0.339 e. The minimum Gasteiger partial charge on any atom is -0.339 e. The molecule has 2 fully saturated rings. The van der Waals surface area contributed by atoms with Crippen molar-refractivity contribution in [2.75, 3.05) is 6.54 Å². The Hall–Kier alpha value is -0.610. The van der Waals surface area contributed by atoms with Crippen molar-refractivity contribution in [1.29, 1.82) is 0 Å². The van der Waals surface area contributed by atoms with Gasteiger partial charge < -0.3 is 15.0 Å². The van der Waals surface area contributed by atoms with Crippen LogP contribution in [0, 0.1) is 0 Å². The highest BCUT2D eigenvalue weighted by atomic mass is 16.6. The maximum absolute atomic E-state index is 13.0. The average molecular weight is 310 g/mol. The van der Waals surface area contributed by atoms with Crippen LogP contribution in [-0.4, -0.2) is 39.8 Å². The molecule has 1 atom stereocenters. The molecule has 1 amide bonds. The molecule has 2 aliphatic heterocycles. The lowest BCUT2D eigenvalue weighted by molar-refractivity contribution is -0.181. The molecule has 22 heavy (non-hydrogen) atoms. The molecule has 0 bridgehead atoms. The summed E-state index contributed by atoms with van der Waals surface area (Å²) >= 11 is 0. The molecule has 0 radical (unpaired) electrons. The highest BCUT2D eigenvalue weighted by molar-refractivity contribution is 5.87. The summed E-state index contributed by atoms with van der Waals surface area (Å²) in [6.45, 7) is 15.8. The molecule has 1 spiro atoms. The Bertz CT molecular complexity index is 428. The Morgan fingerprint density at radius 2 is 1.64 bits per heavy atom. The molecule has 0 aromatic rings. The van der Waals surface area contributed by atoms with Crippen LogP contribution in [0.25, 0.3) is 0 Å². The molecule has 2 aliphatic rings. The molecule has 1 unspecified atom stereocenters. The summed E-state index contributed by atoms with van der Waals surface area (Å²) in [5.74, 6) is 0.178. The first-order valence-electron chi connectivity index (χ1n) is 8.81. The predicted octanol–water partition coefficient (Wildman–Crippen LogP) is 3.45. The zero-order valence-corrected chi connectivity index (χ0v) is 15.5. The molecule has 0 aromatic carbocycles. The Kier molecular flexibility index (Phi) is 4.42. The van der Waals surface area contributed by atoms with Gasteiger partial charge in [0.25, 0.3) is 5.91 Å². The lowest BCUT2D eigenvalue weighted by Crippen LogP contribution is -2.67. The normalized spacial score (nSPS) is 32.7. The lowest BCUT2D eigenvalue weighted by atomic mass is 9.76. The van der Waals surface area contributed by atoms with Gasteiger partial charge in [-0.1, -0.05) is 19.8 Å². The SMILES string of the molecule is CCCCC1(C)OC2(CC(C)(C)NC(C)(C)C2)N(CC)C1=O. The number of nitrogens with one attached hydrogen (secondary N) is 1. The average Bonchev–Trinajstić information content (AvgIpc) is 2.50. The zero-order valence-electron chi connectivity index (χ0n) is 15.5. The van der Waals surface area contributed by atoms with Gasteiger partial charge in [-0.05, 0) is 48.0 Å². The highest BCUT2D eigenvalue weighted by Gasteiger charge is 2.62. The van der Waals surface area contributed by atoms with Gasteiger partial charge in [-0.25, -0.2) is 0 Å². The van der Waals surface area contributed by atoms with Gasteiger partial charge in [0.15, 0.2) is 0 Å². The van der Waals surface area contributed by atoms with E-state index in [1.54, 1.807) is 0 Å². The number of hydrogen-bond acceptors (Lipinski definition) is 3. The van der Waals surface area contributed by atoms with Gasteiger partial charge in [0.05, 0.1) is 0 Å². The fraction of sp³-hybridized carbons (Fsp3) is 0.944. The number of hydrogen-bond donors (Lipinski definition) is 1. The van der Waals surface area contributed by atoms with E-state index in [4.69, 9.17) is 4.74 Å². The zero-order chi connectivity index (χ0) is 16.8. The van der Waals surface area contributed by atoms with E-state index in [2.05, 4.69) is 46.9 Å². The molecular weight excluding hydrogens is 276 g/mol. The summed E-state index contributed by atoms with van der Waals surface area (Å²) in [4.78, 5) is 15.0. The minimum atomic E-state index is -0.657. The number of carbonyl (C=O) groups is 1. The second kappa shape index (κ2) is 5.48. The molecule has 0 saturated carbocycles. The lowest BCUT2D eigenvalue weighted by Gasteiger charge is -2.53. The molecule has 0 aromatic heterocycles. The molecule has 0 aliphatic carbocycles. The summed E-state index contributed by atoms with van der Waals surface area (Å²) in [6.07, 6.45) is 4.61. The molecule has 2 heterocycles. The first kappa shape index (κ1) is 17.7. The van der Waals surface area contributed by atoms with Crippen LogP contribution in [0.15, 0.2) is 0 Å². The summed E-state index contributed by atoms with van der Waals surface area (Å²) in [6, 6.07) is 0. The molecule has 1 N–H and O–H groups in total. The number of rotatable bonds is 4. The molecule has 2 rings (SSSR count). The van der Waals surface area contributed by atoms with Gasteiger partial charge in [0, 0.05) is 30.5 Å². The number of piperidine rings is 1. The van der Waals surface area contributed by atoms with E-state index in [1.165, 1.54) is 0 Å². The number of amides is 1. The maximum Gasteiger partial charge on any atom is 0.256 e. The molecular formula is C18H34N2O2. The fourth-order valence-electron chi connectivity index (χ4n) is 4.80. The molecule has 4 nitrogen and oxygen atoms in total. The van der Waals surface area contributed by atoms with Crippen LogP contribution in [0.1, 0.15) is 80.6 Å². The predicted molar refractivity (Wildman–Crippen MR) is 89.7 cm³/mol. The van der Waals surface area contributed by atoms with Crippen LogP contribution < -0.4 is 5.32 Å². The standard InChI is InChI=1S/C18H34N2O2/c1-8-10-11-17(7)14(21)20(9-2)18(22-17)12-15(3,4)19-16(5,6)13-18/h19H,8-13H2,1-7H3. The first-order chi connectivity index (χ1) is 9.99. The summed E-state index contributed by atoms with van der Waals surface area (Å²) in [5.41, 5.74) is -1.22. The quantitative estimate of drug-likeness (QED) is 0.864. The number of unbranched alkanes of at least 4 members (excludes halogenated alkanes) is 1. The van der Waals surface area contributed by atoms with E-state index in [0.29, 0.717) is 6.54 Å². The van der Waals surface area contributed by atoms with Crippen molar-refractivity contribution in [2.45, 2.75) is 103 Å². The van der Waals surface area contributed by atoms with Gasteiger partial charge >= 0.3 is 0 Å². The van der Waals surface area contributed by atoms with E-state index in [-0.39, 0.29) is 17.0 Å². The molecule has 4 heteroatoms. The van der Waals surface area contributed by atoms with Crippen LogP contribution in [0.4, 0.5) is 0 Å². The third-order valence-electron chi connectivity index (χ3n) is 5.04. The fourth-order valence-corrected chi connectivity index (χ4v) is 4.80. The number of nitrogens with zero attached hydrogens (tertiary/aromatic N) is 1. The van der Waals surface area contributed by atoms with Gasteiger partial charge in [0.2, 0.25) is 0 Å². The van der Waals surface area contributed by atoms with E-state index < -0.39 is 11.3 Å². The van der Waals surface area contributed by atoms with Crippen molar-refractivity contribution >= 4 is 5.91 Å². The van der Waals surface area contributed by atoms with Crippen molar-refractivity contribution in [1.82, 2.24) is 10.2 Å². The number of carbonyl (C=O) groups excluding carboxylic acids is 1. The van der Waals surface area contributed by atoms with Crippen molar-refractivity contribution in [3.05, 3.63) is 0 Å². The van der Waals surface area contributed by atoms with Crippen LogP contribution in [0.5, 0.6) is 0 Å². The second-order valence-electron chi connectivity index (χ2n) is 8.68. The van der Waals surface area contributed by atoms with E-state index >= 15 is 0 Å². The van der Waals surface area contributed by atoms with E-state index in [1.807, 2.05) is 11.8 Å². The first-order valence-corrected chi connectivity index (χ1v) is 8.81. The van der Waals surface area contributed by atoms with Crippen LogP contribution in [-0.2, 0) is 9.53 Å². The summed E-state index contributed by atoms with van der Waals surface area (Å²) in [7, 11) is 0. The van der Waals surface area contributed by atoms with Crippen molar-refractivity contribution in [3.8, 4) is 0 Å². The number of likely N-dealkylation sites (N-methyl/N-ethyl adjacent to an activating group) is 1. The Morgan fingerprint density at radius 1 is 1.09 bits per heavy atom. The molecule has 128 valence electrons. The topological polar surface area (TPSA) is 41.6 Å². The maximum atomic E-state index is 13.0.